The second-order valence-corrected chi connectivity index (χ2v) is 8.19. The van der Waals surface area contributed by atoms with Gasteiger partial charge in [-0.3, -0.25) is 0 Å². The monoisotopic (exact) mass is 332 g/mol. The van der Waals surface area contributed by atoms with Crippen LogP contribution in [0.1, 0.15) is 30.7 Å². The molecule has 1 aromatic heterocycles. The van der Waals surface area contributed by atoms with Crippen LogP contribution in [0.3, 0.4) is 0 Å². The smallest absolute Gasteiger partial charge is 0.244 e. The molecular weight excluding hydrogens is 308 g/mol. The molecule has 0 saturated carbocycles. The van der Waals surface area contributed by atoms with Crippen molar-refractivity contribution in [2.75, 3.05) is 26.2 Å². The average molecular weight is 332 g/mol. The van der Waals surface area contributed by atoms with Crippen molar-refractivity contribution in [2.45, 2.75) is 44.7 Å². The van der Waals surface area contributed by atoms with E-state index < -0.39 is 10.0 Å². The zero-order chi connectivity index (χ0) is 15.5. The Morgan fingerprint density at radius 1 is 1.52 bits per heavy atom. The van der Waals surface area contributed by atoms with E-state index in [4.69, 9.17) is 4.74 Å². The summed E-state index contributed by atoms with van der Waals surface area (Å²) in [4.78, 5) is 1.38. The van der Waals surface area contributed by atoms with Crippen LogP contribution in [0, 0.1) is 6.92 Å². The molecule has 0 aromatic carbocycles. The number of thiophene rings is 1. The molecule has 7 heteroatoms. The maximum absolute atomic E-state index is 13.0. The SMILES string of the molecule is CCNCc1scc(C)c1S(=O)(=O)N1CCCOC(C)C1. The van der Waals surface area contributed by atoms with Crippen LogP contribution in [-0.2, 0) is 21.3 Å². The summed E-state index contributed by atoms with van der Waals surface area (Å²) in [5.74, 6) is 0. The number of hydrogen-bond donors (Lipinski definition) is 1. The number of nitrogens with zero attached hydrogens (tertiary/aromatic N) is 1. The summed E-state index contributed by atoms with van der Waals surface area (Å²) in [7, 11) is -3.44. The average Bonchev–Trinajstić information content (AvgIpc) is 2.66. The predicted molar refractivity (Wildman–Crippen MR) is 85.2 cm³/mol. The van der Waals surface area contributed by atoms with Gasteiger partial charge in [0.1, 0.15) is 4.90 Å². The number of hydrogen-bond acceptors (Lipinski definition) is 5. The van der Waals surface area contributed by atoms with E-state index >= 15 is 0 Å². The Labute approximate surface area is 131 Å². The fourth-order valence-corrected chi connectivity index (χ4v) is 5.78. The first-order valence-corrected chi connectivity index (χ1v) is 9.68. The minimum Gasteiger partial charge on any atom is -0.377 e. The minimum atomic E-state index is -3.44. The summed E-state index contributed by atoms with van der Waals surface area (Å²) in [5, 5.41) is 5.15. The maximum atomic E-state index is 13.0. The van der Waals surface area contributed by atoms with Gasteiger partial charge in [-0.15, -0.1) is 11.3 Å². The third-order valence-electron chi connectivity index (χ3n) is 3.54. The zero-order valence-corrected chi connectivity index (χ0v) is 14.5. The Morgan fingerprint density at radius 3 is 3.00 bits per heavy atom. The Morgan fingerprint density at radius 2 is 2.29 bits per heavy atom. The number of sulfonamides is 1. The highest BCUT2D eigenvalue weighted by Crippen LogP contribution is 2.30. The van der Waals surface area contributed by atoms with Crippen LogP contribution in [0.2, 0.25) is 0 Å². The highest BCUT2D eigenvalue weighted by Gasteiger charge is 2.31. The molecule has 1 fully saturated rings. The standard InChI is InChI=1S/C14H24N2O3S2/c1-4-15-8-13-14(11(2)10-20-13)21(17,18)16-6-5-7-19-12(3)9-16/h10,12,15H,4-9H2,1-3H3. The highest BCUT2D eigenvalue weighted by atomic mass is 32.2. The summed E-state index contributed by atoms with van der Waals surface area (Å²) in [6.45, 7) is 8.82. The lowest BCUT2D eigenvalue weighted by Gasteiger charge is -2.22. The first-order chi connectivity index (χ1) is 9.96. The highest BCUT2D eigenvalue weighted by molar-refractivity contribution is 7.89. The summed E-state index contributed by atoms with van der Waals surface area (Å²) < 4.78 is 33.1. The van der Waals surface area contributed by atoms with E-state index in [1.165, 1.54) is 11.3 Å². The molecular formula is C14H24N2O3S2. The van der Waals surface area contributed by atoms with E-state index in [9.17, 15) is 8.42 Å². The molecule has 0 radical (unpaired) electrons. The van der Waals surface area contributed by atoms with Crippen LogP contribution < -0.4 is 5.32 Å². The Balaban J connectivity index is 2.32. The molecule has 1 unspecified atom stereocenters. The van der Waals surface area contributed by atoms with Gasteiger partial charge in [0.05, 0.1) is 6.10 Å². The Kier molecular flexibility index (Phi) is 5.79. The van der Waals surface area contributed by atoms with Crippen LogP contribution in [0.25, 0.3) is 0 Å². The molecule has 1 N–H and O–H groups in total. The van der Waals surface area contributed by atoms with Crippen LogP contribution in [0.5, 0.6) is 0 Å². The predicted octanol–water partition coefficient (Wildman–Crippen LogP) is 1.97. The second-order valence-electron chi connectivity index (χ2n) is 5.35. The van der Waals surface area contributed by atoms with Crippen molar-refractivity contribution in [1.29, 1.82) is 0 Å². The van der Waals surface area contributed by atoms with E-state index in [-0.39, 0.29) is 6.10 Å². The normalized spacial score (nSPS) is 21.4. The summed E-state index contributed by atoms with van der Waals surface area (Å²) >= 11 is 1.51. The van der Waals surface area contributed by atoms with Crippen LogP contribution in [-0.4, -0.2) is 45.1 Å². The molecule has 0 amide bonds. The lowest BCUT2D eigenvalue weighted by Crippen LogP contribution is -2.36. The van der Waals surface area contributed by atoms with Crippen molar-refractivity contribution in [3.05, 3.63) is 15.8 Å². The number of rotatable bonds is 5. The van der Waals surface area contributed by atoms with Gasteiger partial charge in [0, 0.05) is 31.1 Å². The van der Waals surface area contributed by atoms with Gasteiger partial charge in [-0.2, -0.15) is 4.31 Å². The molecule has 1 saturated heterocycles. The van der Waals surface area contributed by atoms with Gasteiger partial charge >= 0.3 is 0 Å². The lowest BCUT2D eigenvalue weighted by molar-refractivity contribution is 0.0752. The largest absolute Gasteiger partial charge is 0.377 e. The van der Waals surface area contributed by atoms with Crippen molar-refractivity contribution in [3.8, 4) is 0 Å². The molecule has 120 valence electrons. The summed E-state index contributed by atoms with van der Waals surface area (Å²) in [5.41, 5.74) is 0.839. The van der Waals surface area contributed by atoms with Crippen molar-refractivity contribution in [2.24, 2.45) is 0 Å². The van der Waals surface area contributed by atoms with E-state index in [1.54, 1.807) is 4.31 Å². The Bertz CT molecular complexity index is 569. The maximum Gasteiger partial charge on any atom is 0.244 e. The van der Waals surface area contributed by atoms with E-state index in [2.05, 4.69) is 5.32 Å². The number of aryl methyl sites for hydroxylation is 1. The molecule has 2 rings (SSSR count). The van der Waals surface area contributed by atoms with E-state index in [1.807, 2.05) is 26.2 Å². The summed E-state index contributed by atoms with van der Waals surface area (Å²) in [6, 6.07) is 0. The molecule has 2 heterocycles. The van der Waals surface area contributed by atoms with Gasteiger partial charge in [0.2, 0.25) is 10.0 Å². The van der Waals surface area contributed by atoms with Gasteiger partial charge in [-0.1, -0.05) is 6.92 Å². The van der Waals surface area contributed by atoms with E-state index in [0.29, 0.717) is 31.1 Å². The molecule has 5 nitrogen and oxygen atoms in total. The minimum absolute atomic E-state index is 0.0570. The van der Waals surface area contributed by atoms with Crippen LogP contribution in [0.15, 0.2) is 10.3 Å². The first-order valence-electron chi connectivity index (χ1n) is 7.36. The Hall–Kier alpha value is -0.470. The van der Waals surface area contributed by atoms with Gasteiger partial charge < -0.3 is 10.1 Å². The van der Waals surface area contributed by atoms with Crippen molar-refractivity contribution in [1.82, 2.24) is 9.62 Å². The zero-order valence-electron chi connectivity index (χ0n) is 12.9. The molecule has 1 aromatic rings. The van der Waals surface area contributed by atoms with Crippen molar-refractivity contribution >= 4 is 21.4 Å². The second kappa shape index (κ2) is 7.19. The lowest BCUT2D eigenvalue weighted by atomic mass is 10.3. The van der Waals surface area contributed by atoms with Crippen molar-refractivity contribution < 1.29 is 13.2 Å². The third kappa shape index (κ3) is 3.84. The van der Waals surface area contributed by atoms with Crippen LogP contribution >= 0.6 is 11.3 Å². The summed E-state index contributed by atoms with van der Waals surface area (Å²) in [6.07, 6.45) is 0.688. The molecule has 0 aliphatic carbocycles. The third-order valence-corrected chi connectivity index (χ3v) is 6.87. The molecule has 1 aliphatic rings. The quantitative estimate of drug-likeness (QED) is 0.895. The molecule has 1 aliphatic heterocycles. The van der Waals surface area contributed by atoms with Gasteiger partial charge in [-0.05, 0) is 37.8 Å². The fourth-order valence-electron chi connectivity index (χ4n) is 2.50. The van der Waals surface area contributed by atoms with E-state index in [0.717, 1.165) is 23.4 Å². The number of nitrogens with one attached hydrogen (secondary N) is 1. The molecule has 1 atom stereocenters. The molecule has 0 bridgehead atoms. The molecule has 21 heavy (non-hydrogen) atoms. The van der Waals surface area contributed by atoms with Gasteiger partial charge in [0.15, 0.2) is 0 Å². The molecule has 0 spiro atoms. The first kappa shape index (κ1) is 16.9. The van der Waals surface area contributed by atoms with Crippen molar-refractivity contribution in [3.63, 3.8) is 0 Å². The van der Waals surface area contributed by atoms with Gasteiger partial charge in [0.25, 0.3) is 0 Å². The van der Waals surface area contributed by atoms with Crippen LogP contribution in [0.4, 0.5) is 0 Å². The van der Waals surface area contributed by atoms with Gasteiger partial charge in [-0.25, -0.2) is 8.42 Å². The number of ether oxygens (including phenoxy) is 1. The fraction of sp³-hybridized carbons (Fsp3) is 0.714. The topological polar surface area (TPSA) is 58.6 Å².